The number of nitrogens with zero attached hydrogens (tertiary/aromatic N) is 1. The Morgan fingerprint density at radius 2 is 2.07 bits per heavy atom. The predicted molar refractivity (Wildman–Crippen MR) is 53.7 cm³/mol. The van der Waals surface area contributed by atoms with Gasteiger partial charge >= 0.3 is 0 Å². The van der Waals surface area contributed by atoms with Crippen molar-refractivity contribution in [2.24, 2.45) is 5.16 Å². The summed E-state index contributed by atoms with van der Waals surface area (Å²) in [5.74, 6) is 1.14. The third-order valence-electron chi connectivity index (χ3n) is 1.72. The summed E-state index contributed by atoms with van der Waals surface area (Å²) in [5.41, 5.74) is 0.482. The van der Waals surface area contributed by atoms with E-state index in [4.69, 9.17) is 26.3 Å². The van der Waals surface area contributed by atoms with Gasteiger partial charge in [0.25, 0.3) is 0 Å². The molecule has 0 aliphatic rings. The van der Waals surface area contributed by atoms with Crippen LogP contribution < -0.4 is 9.47 Å². The molecule has 0 aromatic heterocycles. The van der Waals surface area contributed by atoms with Crippen LogP contribution in [-0.2, 0) is 0 Å². The second kappa shape index (κ2) is 4.72. The Labute approximate surface area is 86.7 Å². The number of benzene rings is 1. The second-order valence-electron chi connectivity index (χ2n) is 2.46. The summed E-state index contributed by atoms with van der Waals surface area (Å²) in [6, 6.07) is 5.03. The topological polar surface area (TPSA) is 51.0 Å². The first-order chi connectivity index (χ1) is 6.72. The van der Waals surface area contributed by atoms with Gasteiger partial charge in [0.1, 0.15) is 11.5 Å². The van der Waals surface area contributed by atoms with Crippen LogP contribution in [0.25, 0.3) is 0 Å². The lowest BCUT2D eigenvalue weighted by molar-refractivity contribution is 0.320. The molecule has 1 aromatic rings. The van der Waals surface area contributed by atoms with E-state index in [0.717, 1.165) is 0 Å². The Morgan fingerprint density at radius 3 is 2.57 bits per heavy atom. The Kier molecular flexibility index (Phi) is 3.59. The van der Waals surface area contributed by atoms with E-state index in [0.29, 0.717) is 17.1 Å². The number of ether oxygens (including phenoxy) is 2. The highest BCUT2D eigenvalue weighted by Gasteiger charge is 2.09. The van der Waals surface area contributed by atoms with E-state index < -0.39 is 0 Å². The third kappa shape index (κ3) is 2.09. The van der Waals surface area contributed by atoms with Gasteiger partial charge in [-0.1, -0.05) is 16.8 Å². The number of methoxy groups -OCH3 is 2. The summed E-state index contributed by atoms with van der Waals surface area (Å²) >= 11 is 5.67. The maximum absolute atomic E-state index is 8.53. The first-order valence-electron chi connectivity index (χ1n) is 3.83. The zero-order chi connectivity index (χ0) is 10.6. The van der Waals surface area contributed by atoms with Gasteiger partial charge in [-0.2, -0.15) is 0 Å². The number of hydrogen-bond donors (Lipinski definition) is 1. The maximum Gasteiger partial charge on any atom is 0.179 e. The summed E-state index contributed by atoms with van der Waals surface area (Å²) in [4.78, 5) is 0. The summed E-state index contributed by atoms with van der Waals surface area (Å²) in [7, 11) is 3.04. The SMILES string of the molecule is COc1ccc(OC)c(C(Cl)=NO)c1. The Hall–Kier alpha value is -1.42. The Balaban J connectivity index is 3.21. The molecule has 0 unspecified atom stereocenters. The molecule has 5 heteroatoms. The molecule has 0 radical (unpaired) electrons. The zero-order valence-corrected chi connectivity index (χ0v) is 8.58. The maximum atomic E-state index is 8.53. The molecule has 0 saturated carbocycles. The molecule has 76 valence electrons. The molecule has 14 heavy (non-hydrogen) atoms. The van der Waals surface area contributed by atoms with Crippen LogP contribution in [0.15, 0.2) is 23.4 Å². The first-order valence-corrected chi connectivity index (χ1v) is 4.20. The Bertz CT molecular complexity index is 352. The molecular formula is C9H10ClNO3. The monoisotopic (exact) mass is 215 g/mol. The van der Waals surface area contributed by atoms with Gasteiger partial charge in [0.2, 0.25) is 0 Å². The second-order valence-corrected chi connectivity index (χ2v) is 2.82. The van der Waals surface area contributed by atoms with Crippen molar-refractivity contribution >= 4 is 16.8 Å². The standard InChI is InChI=1S/C9H10ClNO3/c1-13-6-3-4-8(14-2)7(5-6)9(10)11-12/h3-5,12H,1-2H3. The van der Waals surface area contributed by atoms with Crippen LogP contribution in [0.2, 0.25) is 0 Å². The fourth-order valence-electron chi connectivity index (χ4n) is 1.03. The van der Waals surface area contributed by atoms with Gasteiger partial charge in [0.15, 0.2) is 5.17 Å². The van der Waals surface area contributed by atoms with Crippen LogP contribution in [0.4, 0.5) is 0 Å². The van der Waals surface area contributed by atoms with Crippen LogP contribution in [0.5, 0.6) is 11.5 Å². The normalized spacial score (nSPS) is 11.2. The highest BCUT2D eigenvalue weighted by molar-refractivity contribution is 6.69. The summed E-state index contributed by atoms with van der Waals surface area (Å²) in [6.07, 6.45) is 0. The van der Waals surface area contributed by atoms with Crippen LogP contribution >= 0.6 is 11.6 Å². The highest BCUT2D eigenvalue weighted by atomic mass is 35.5. The molecule has 0 aliphatic heterocycles. The molecule has 0 saturated heterocycles. The Morgan fingerprint density at radius 1 is 1.36 bits per heavy atom. The van der Waals surface area contributed by atoms with Crippen molar-refractivity contribution in [1.82, 2.24) is 0 Å². The number of hydrogen-bond acceptors (Lipinski definition) is 4. The molecule has 0 atom stereocenters. The van der Waals surface area contributed by atoms with Gasteiger partial charge in [-0.15, -0.1) is 0 Å². The predicted octanol–water partition coefficient (Wildman–Crippen LogP) is 2.08. The average molecular weight is 216 g/mol. The van der Waals surface area contributed by atoms with Gasteiger partial charge in [-0.25, -0.2) is 0 Å². The van der Waals surface area contributed by atoms with Gasteiger partial charge in [-0.3, -0.25) is 0 Å². The van der Waals surface area contributed by atoms with Crippen molar-refractivity contribution in [3.05, 3.63) is 23.8 Å². The lowest BCUT2D eigenvalue weighted by atomic mass is 10.2. The van der Waals surface area contributed by atoms with Crippen LogP contribution in [0.1, 0.15) is 5.56 Å². The van der Waals surface area contributed by atoms with Crippen molar-refractivity contribution in [1.29, 1.82) is 0 Å². The molecule has 0 bridgehead atoms. The van der Waals surface area contributed by atoms with Crippen LogP contribution in [0, 0.1) is 0 Å². The summed E-state index contributed by atoms with van der Waals surface area (Å²) < 4.78 is 10.0. The van der Waals surface area contributed by atoms with Crippen molar-refractivity contribution in [2.75, 3.05) is 14.2 Å². The fraction of sp³-hybridized carbons (Fsp3) is 0.222. The fourth-order valence-corrected chi connectivity index (χ4v) is 1.18. The van der Waals surface area contributed by atoms with Gasteiger partial charge in [0.05, 0.1) is 19.8 Å². The smallest absolute Gasteiger partial charge is 0.179 e. The average Bonchev–Trinajstić information content (AvgIpc) is 2.27. The quantitative estimate of drug-likeness (QED) is 0.477. The molecule has 0 heterocycles. The number of oxime groups is 1. The molecule has 0 spiro atoms. The van der Waals surface area contributed by atoms with E-state index in [-0.39, 0.29) is 5.17 Å². The molecule has 0 fully saturated rings. The van der Waals surface area contributed by atoms with E-state index in [1.165, 1.54) is 14.2 Å². The largest absolute Gasteiger partial charge is 0.497 e. The minimum atomic E-state index is -0.0410. The van der Waals surface area contributed by atoms with E-state index >= 15 is 0 Å². The van der Waals surface area contributed by atoms with E-state index in [2.05, 4.69) is 5.16 Å². The minimum Gasteiger partial charge on any atom is -0.497 e. The number of halogens is 1. The molecule has 0 aliphatic carbocycles. The van der Waals surface area contributed by atoms with E-state index in [1.54, 1.807) is 18.2 Å². The lowest BCUT2D eigenvalue weighted by Crippen LogP contribution is -1.97. The minimum absolute atomic E-state index is 0.0410. The van der Waals surface area contributed by atoms with Crippen LogP contribution in [-0.4, -0.2) is 24.6 Å². The van der Waals surface area contributed by atoms with Gasteiger partial charge < -0.3 is 14.7 Å². The van der Waals surface area contributed by atoms with Crippen molar-refractivity contribution < 1.29 is 14.7 Å². The molecular weight excluding hydrogens is 206 g/mol. The van der Waals surface area contributed by atoms with Crippen molar-refractivity contribution in [2.45, 2.75) is 0 Å². The van der Waals surface area contributed by atoms with E-state index in [9.17, 15) is 0 Å². The van der Waals surface area contributed by atoms with Crippen molar-refractivity contribution in [3.63, 3.8) is 0 Å². The highest BCUT2D eigenvalue weighted by Crippen LogP contribution is 2.25. The molecule has 4 nitrogen and oxygen atoms in total. The zero-order valence-electron chi connectivity index (χ0n) is 7.82. The summed E-state index contributed by atoms with van der Waals surface area (Å²) in [5, 5.41) is 11.4. The first kappa shape index (κ1) is 10.7. The van der Waals surface area contributed by atoms with Gasteiger partial charge in [-0.05, 0) is 18.2 Å². The molecule has 1 rings (SSSR count). The van der Waals surface area contributed by atoms with Crippen LogP contribution in [0.3, 0.4) is 0 Å². The van der Waals surface area contributed by atoms with E-state index in [1.807, 2.05) is 0 Å². The third-order valence-corrected chi connectivity index (χ3v) is 2.00. The lowest BCUT2D eigenvalue weighted by Gasteiger charge is -2.07. The number of rotatable bonds is 3. The molecule has 1 N–H and O–H groups in total. The van der Waals surface area contributed by atoms with Crippen molar-refractivity contribution in [3.8, 4) is 11.5 Å². The molecule has 1 aromatic carbocycles. The summed E-state index contributed by atoms with van der Waals surface area (Å²) in [6.45, 7) is 0. The van der Waals surface area contributed by atoms with Gasteiger partial charge in [0, 0.05) is 0 Å². The molecule has 0 amide bonds.